The van der Waals surface area contributed by atoms with E-state index >= 15 is 0 Å². The van der Waals surface area contributed by atoms with Crippen LogP contribution in [0.15, 0.2) is 18.2 Å². The normalized spacial score (nSPS) is 12.2. The van der Waals surface area contributed by atoms with Crippen molar-refractivity contribution in [1.82, 2.24) is 5.32 Å². The molecule has 3 nitrogen and oxygen atoms in total. The van der Waals surface area contributed by atoms with Gasteiger partial charge in [-0.05, 0) is 18.2 Å². The van der Waals surface area contributed by atoms with E-state index in [9.17, 15) is 4.79 Å². The number of nitrogens with one attached hydrogen (secondary N) is 1. The summed E-state index contributed by atoms with van der Waals surface area (Å²) in [7, 11) is 1.58. The van der Waals surface area contributed by atoms with Crippen molar-refractivity contribution in [2.45, 2.75) is 6.04 Å². The molecule has 1 atom stereocenters. The first kappa shape index (κ1) is 14.8. The van der Waals surface area contributed by atoms with Gasteiger partial charge in [0.05, 0.1) is 22.7 Å². The number of rotatable bonds is 5. The molecule has 0 bridgehead atoms. The Bertz CT molecular complexity index is 401. The molecule has 1 unspecified atom stereocenters. The summed E-state index contributed by atoms with van der Waals surface area (Å²) in [6.45, 7) is 0.443. The molecule has 0 heterocycles. The molecule has 1 aromatic carbocycles. The van der Waals surface area contributed by atoms with Crippen LogP contribution < -0.4 is 5.32 Å². The number of carbonyl (C=O) groups excluding carboxylic acids is 1. The van der Waals surface area contributed by atoms with E-state index in [2.05, 4.69) is 21.2 Å². The molecule has 1 amide bonds. The lowest BCUT2D eigenvalue weighted by atomic mass is 10.2. The molecule has 0 saturated heterocycles. The van der Waals surface area contributed by atoms with Crippen molar-refractivity contribution in [2.75, 3.05) is 19.0 Å². The van der Waals surface area contributed by atoms with E-state index < -0.39 is 0 Å². The van der Waals surface area contributed by atoms with Gasteiger partial charge in [0.25, 0.3) is 5.91 Å². The van der Waals surface area contributed by atoms with Gasteiger partial charge >= 0.3 is 0 Å². The number of methoxy groups -OCH3 is 1. The van der Waals surface area contributed by atoms with Crippen LogP contribution in [0, 0.1) is 0 Å². The first-order valence-electron chi connectivity index (χ1n) is 4.89. The van der Waals surface area contributed by atoms with Gasteiger partial charge in [0.2, 0.25) is 0 Å². The second-order valence-electron chi connectivity index (χ2n) is 3.41. The molecule has 0 aliphatic rings. The maximum atomic E-state index is 11.9. The van der Waals surface area contributed by atoms with Gasteiger partial charge in [0.15, 0.2) is 0 Å². The third-order valence-corrected chi connectivity index (χ3v) is 3.59. The van der Waals surface area contributed by atoms with E-state index in [1.165, 1.54) is 6.07 Å². The predicted octanol–water partition coefficient (Wildman–Crippen LogP) is 3.13. The van der Waals surface area contributed by atoms with Crippen molar-refractivity contribution in [2.24, 2.45) is 0 Å². The van der Waals surface area contributed by atoms with Crippen molar-refractivity contribution in [3.63, 3.8) is 0 Å². The number of ether oxygens (including phenoxy) is 1. The summed E-state index contributed by atoms with van der Waals surface area (Å²) in [5.41, 5.74) is 0.474. The highest BCUT2D eigenvalue weighted by atomic mass is 79.9. The smallest absolute Gasteiger partial charge is 0.251 e. The topological polar surface area (TPSA) is 38.3 Å². The molecule has 1 aromatic rings. The molecular weight excluding hydrogens is 329 g/mol. The summed E-state index contributed by atoms with van der Waals surface area (Å²) in [6, 6.07) is 4.68. The molecule has 0 aliphatic heterocycles. The molecule has 6 heteroatoms. The lowest BCUT2D eigenvalue weighted by Crippen LogP contribution is -2.39. The minimum Gasteiger partial charge on any atom is -0.383 e. The lowest BCUT2D eigenvalue weighted by Gasteiger charge is -2.15. The summed E-state index contributed by atoms with van der Waals surface area (Å²) in [4.78, 5) is 11.9. The fourth-order valence-electron chi connectivity index (χ4n) is 1.23. The van der Waals surface area contributed by atoms with Gasteiger partial charge < -0.3 is 10.1 Å². The minimum atomic E-state index is -0.204. The van der Waals surface area contributed by atoms with Crippen molar-refractivity contribution in [3.05, 3.63) is 33.8 Å². The van der Waals surface area contributed by atoms with Crippen LogP contribution in [0.1, 0.15) is 10.4 Å². The first-order chi connectivity index (χ1) is 8.08. The van der Waals surface area contributed by atoms with E-state index in [0.717, 1.165) is 0 Å². The van der Waals surface area contributed by atoms with Crippen molar-refractivity contribution in [3.8, 4) is 0 Å². The van der Waals surface area contributed by atoms with Crippen LogP contribution in [0.5, 0.6) is 0 Å². The lowest BCUT2D eigenvalue weighted by molar-refractivity contribution is 0.0908. The highest BCUT2D eigenvalue weighted by Gasteiger charge is 2.13. The molecule has 0 saturated carbocycles. The van der Waals surface area contributed by atoms with Gasteiger partial charge in [0.1, 0.15) is 0 Å². The standard InChI is InChI=1S/C11H12BrCl2NO2/c1-17-6-8(5-12)15-11(16)7-2-3-9(13)10(14)4-7/h2-4,8H,5-6H2,1H3,(H,15,16). The fraction of sp³-hybridized carbons (Fsp3) is 0.364. The second kappa shape index (κ2) is 7.21. The highest BCUT2D eigenvalue weighted by molar-refractivity contribution is 9.09. The van der Waals surface area contributed by atoms with E-state index in [0.29, 0.717) is 27.5 Å². The fourth-order valence-corrected chi connectivity index (χ4v) is 1.88. The number of benzene rings is 1. The molecule has 1 rings (SSSR count). The third-order valence-electron chi connectivity index (χ3n) is 2.07. The number of carbonyl (C=O) groups is 1. The molecule has 1 N–H and O–H groups in total. The number of halogens is 3. The Kier molecular flexibility index (Phi) is 6.27. The zero-order valence-corrected chi connectivity index (χ0v) is 12.3. The van der Waals surface area contributed by atoms with E-state index in [4.69, 9.17) is 27.9 Å². The zero-order chi connectivity index (χ0) is 12.8. The Morgan fingerprint density at radius 2 is 2.18 bits per heavy atom. The summed E-state index contributed by atoms with van der Waals surface area (Å²) >= 11 is 14.9. The van der Waals surface area contributed by atoms with Gasteiger partial charge in [-0.15, -0.1) is 0 Å². The predicted molar refractivity (Wildman–Crippen MR) is 73.4 cm³/mol. The summed E-state index contributed by atoms with van der Waals surface area (Å²) in [5.74, 6) is -0.204. The Morgan fingerprint density at radius 1 is 1.47 bits per heavy atom. The minimum absolute atomic E-state index is 0.0815. The van der Waals surface area contributed by atoms with Gasteiger partial charge in [-0.1, -0.05) is 39.1 Å². The quantitative estimate of drug-likeness (QED) is 0.836. The molecule has 94 valence electrons. The third kappa shape index (κ3) is 4.47. The average Bonchev–Trinajstić information content (AvgIpc) is 2.31. The molecule has 0 fully saturated rings. The Hall–Kier alpha value is -0.290. The molecule has 0 aromatic heterocycles. The zero-order valence-electron chi connectivity index (χ0n) is 9.17. The van der Waals surface area contributed by atoms with Gasteiger partial charge in [-0.2, -0.15) is 0 Å². The van der Waals surface area contributed by atoms with Crippen LogP contribution in [0.2, 0.25) is 10.0 Å². The van der Waals surface area contributed by atoms with Crippen LogP contribution in [-0.4, -0.2) is 31.0 Å². The second-order valence-corrected chi connectivity index (χ2v) is 4.87. The van der Waals surface area contributed by atoms with Crippen LogP contribution in [-0.2, 0) is 4.74 Å². The summed E-state index contributed by atoms with van der Waals surface area (Å²) in [6.07, 6.45) is 0. The van der Waals surface area contributed by atoms with Crippen LogP contribution in [0.25, 0.3) is 0 Å². The monoisotopic (exact) mass is 339 g/mol. The molecular formula is C11H12BrCl2NO2. The van der Waals surface area contributed by atoms with Crippen molar-refractivity contribution >= 4 is 45.0 Å². The van der Waals surface area contributed by atoms with Gasteiger partial charge in [0, 0.05) is 18.0 Å². The van der Waals surface area contributed by atoms with Gasteiger partial charge in [-0.3, -0.25) is 4.79 Å². The van der Waals surface area contributed by atoms with Crippen molar-refractivity contribution < 1.29 is 9.53 Å². The SMILES string of the molecule is COCC(CBr)NC(=O)c1ccc(Cl)c(Cl)c1. The number of alkyl halides is 1. The maximum Gasteiger partial charge on any atom is 0.251 e. The molecule has 0 radical (unpaired) electrons. The Morgan fingerprint density at radius 3 is 2.71 bits per heavy atom. The van der Waals surface area contributed by atoms with E-state index in [-0.39, 0.29) is 11.9 Å². The average molecular weight is 341 g/mol. The van der Waals surface area contributed by atoms with E-state index in [1.807, 2.05) is 0 Å². The largest absolute Gasteiger partial charge is 0.383 e. The molecule has 0 aliphatic carbocycles. The van der Waals surface area contributed by atoms with Crippen LogP contribution in [0.3, 0.4) is 0 Å². The van der Waals surface area contributed by atoms with Gasteiger partial charge in [-0.25, -0.2) is 0 Å². The van der Waals surface area contributed by atoms with Crippen LogP contribution >= 0.6 is 39.1 Å². The van der Waals surface area contributed by atoms with Crippen molar-refractivity contribution in [1.29, 1.82) is 0 Å². The number of amides is 1. The number of hydrogen-bond acceptors (Lipinski definition) is 2. The summed E-state index contributed by atoms with van der Waals surface area (Å²) < 4.78 is 4.98. The molecule has 0 spiro atoms. The van der Waals surface area contributed by atoms with Crippen LogP contribution in [0.4, 0.5) is 0 Å². The maximum absolute atomic E-state index is 11.9. The number of hydrogen-bond donors (Lipinski definition) is 1. The highest BCUT2D eigenvalue weighted by Crippen LogP contribution is 2.22. The molecule has 17 heavy (non-hydrogen) atoms. The first-order valence-corrected chi connectivity index (χ1v) is 6.77. The Balaban J connectivity index is 2.72. The van der Waals surface area contributed by atoms with E-state index in [1.54, 1.807) is 19.2 Å². The summed E-state index contributed by atoms with van der Waals surface area (Å²) in [5, 5.41) is 4.23. The Labute approximate surface area is 119 Å².